The largest absolute Gasteiger partial charge is 0.394 e. The number of hydrogen-bond acceptors (Lipinski definition) is 3. The van der Waals surface area contributed by atoms with E-state index in [2.05, 4.69) is 0 Å². The lowest BCUT2D eigenvalue weighted by Crippen LogP contribution is -2.44. The molecule has 0 bridgehead atoms. The van der Waals surface area contributed by atoms with Gasteiger partial charge < -0.3 is 14.9 Å². The molecule has 2 heterocycles. The molecule has 0 radical (unpaired) electrons. The van der Waals surface area contributed by atoms with Gasteiger partial charge in [-0.15, -0.1) is 0 Å². The minimum atomic E-state index is -0.118. The molecule has 1 N–H and O–H groups in total. The van der Waals surface area contributed by atoms with Crippen LogP contribution in [0.3, 0.4) is 0 Å². The lowest BCUT2D eigenvalue weighted by molar-refractivity contribution is -0.133. The van der Waals surface area contributed by atoms with Crippen LogP contribution in [0.25, 0.3) is 0 Å². The Morgan fingerprint density at radius 2 is 1.76 bits per heavy atom. The fraction of sp³-hybridized carbons (Fsp3) is 0.667. The number of amides is 2. The molecular formula is C24H34N2O3. The van der Waals surface area contributed by atoms with Gasteiger partial charge in [-0.05, 0) is 49.1 Å². The Labute approximate surface area is 174 Å². The summed E-state index contributed by atoms with van der Waals surface area (Å²) < 4.78 is 0. The summed E-state index contributed by atoms with van der Waals surface area (Å²) in [5.74, 6) is 1.07. The first kappa shape index (κ1) is 20.4. The molecule has 0 aromatic heterocycles. The van der Waals surface area contributed by atoms with Crippen molar-refractivity contribution in [3.05, 3.63) is 35.9 Å². The Hall–Kier alpha value is -1.88. The predicted molar refractivity (Wildman–Crippen MR) is 112 cm³/mol. The first-order chi connectivity index (χ1) is 14.1. The van der Waals surface area contributed by atoms with E-state index in [-0.39, 0.29) is 24.0 Å². The summed E-state index contributed by atoms with van der Waals surface area (Å²) in [5, 5.41) is 9.90. The minimum absolute atomic E-state index is 0.00432. The maximum Gasteiger partial charge on any atom is 0.254 e. The van der Waals surface area contributed by atoms with Crippen molar-refractivity contribution >= 4 is 11.8 Å². The third-order valence-corrected chi connectivity index (χ3v) is 7.53. The van der Waals surface area contributed by atoms with E-state index in [9.17, 15) is 14.7 Å². The molecule has 3 fully saturated rings. The molecule has 1 aliphatic carbocycles. The number of rotatable bonds is 5. The van der Waals surface area contributed by atoms with E-state index in [0.29, 0.717) is 24.4 Å². The van der Waals surface area contributed by atoms with Crippen LogP contribution in [-0.4, -0.2) is 59.0 Å². The number of hydrogen-bond donors (Lipinski definition) is 1. The minimum Gasteiger partial charge on any atom is -0.394 e. The molecule has 2 saturated heterocycles. The highest BCUT2D eigenvalue weighted by Crippen LogP contribution is 2.44. The van der Waals surface area contributed by atoms with Gasteiger partial charge in [-0.1, -0.05) is 43.9 Å². The lowest BCUT2D eigenvalue weighted by Gasteiger charge is -2.39. The van der Waals surface area contributed by atoms with Crippen molar-refractivity contribution in [2.45, 2.75) is 63.8 Å². The first-order valence-electron chi connectivity index (χ1n) is 11.3. The third kappa shape index (κ3) is 4.50. The van der Waals surface area contributed by atoms with Gasteiger partial charge in [0.1, 0.15) is 0 Å². The number of aliphatic hydroxyl groups excluding tert-OH is 1. The van der Waals surface area contributed by atoms with Gasteiger partial charge in [-0.2, -0.15) is 0 Å². The molecule has 1 aromatic carbocycles. The van der Waals surface area contributed by atoms with Crippen molar-refractivity contribution in [1.29, 1.82) is 0 Å². The van der Waals surface area contributed by atoms with Gasteiger partial charge in [0.15, 0.2) is 0 Å². The maximum atomic E-state index is 13.0. The average Bonchev–Trinajstić information content (AvgIpc) is 3.41. The van der Waals surface area contributed by atoms with Gasteiger partial charge in [0.2, 0.25) is 5.91 Å². The first-order valence-corrected chi connectivity index (χ1v) is 11.3. The van der Waals surface area contributed by atoms with Crippen molar-refractivity contribution in [3.8, 4) is 0 Å². The second-order valence-electron chi connectivity index (χ2n) is 9.41. The summed E-state index contributed by atoms with van der Waals surface area (Å²) in [6.07, 6.45) is 9.68. The van der Waals surface area contributed by atoms with Crippen LogP contribution >= 0.6 is 0 Å². The highest BCUT2D eigenvalue weighted by atomic mass is 16.3. The number of aliphatic hydroxyl groups is 1. The van der Waals surface area contributed by atoms with Crippen molar-refractivity contribution in [2.75, 3.05) is 26.2 Å². The quantitative estimate of drug-likeness (QED) is 0.826. The highest BCUT2D eigenvalue weighted by Gasteiger charge is 2.47. The second-order valence-corrected chi connectivity index (χ2v) is 9.41. The highest BCUT2D eigenvalue weighted by molar-refractivity contribution is 5.94. The van der Waals surface area contributed by atoms with E-state index in [1.54, 1.807) is 0 Å². The number of nitrogens with zero attached hydrogens (tertiary/aromatic N) is 2. The zero-order chi connectivity index (χ0) is 20.3. The van der Waals surface area contributed by atoms with Crippen LogP contribution in [0, 0.1) is 11.3 Å². The molecule has 1 saturated carbocycles. The topological polar surface area (TPSA) is 60.9 Å². The van der Waals surface area contributed by atoms with E-state index in [1.165, 1.54) is 25.7 Å². The summed E-state index contributed by atoms with van der Waals surface area (Å²) in [6.45, 7) is 2.27. The van der Waals surface area contributed by atoms with Crippen LogP contribution in [0.1, 0.15) is 68.1 Å². The average molecular weight is 399 g/mol. The molecule has 1 atom stereocenters. The van der Waals surface area contributed by atoms with Crippen LogP contribution in [0.15, 0.2) is 30.3 Å². The van der Waals surface area contributed by atoms with E-state index >= 15 is 0 Å². The van der Waals surface area contributed by atoms with Crippen LogP contribution < -0.4 is 0 Å². The van der Waals surface area contributed by atoms with Gasteiger partial charge in [-0.3, -0.25) is 9.59 Å². The molecular weight excluding hydrogens is 364 g/mol. The monoisotopic (exact) mass is 398 g/mol. The Balaban J connectivity index is 1.33. The van der Waals surface area contributed by atoms with Gasteiger partial charge in [0.05, 0.1) is 12.6 Å². The number of carbonyl (C=O) groups excluding carboxylic acids is 2. The zero-order valence-corrected chi connectivity index (χ0v) is 17.4. The molecule has 1 unspecified atom stereocenters. The van der Waals surface area contributed by atoms with Crippen molar-refractivity contribution in [1.82, 2.24) is 9.80 Å². The number of likely N-dealkylation sites (tertiary alicyclic amines) is 2. The molecule has 1 aromatic rings. The lowest BCUT2D eigenvalue weighted by atomic mass is 9.76. The molecule has 4 rings (SSSR count). The van der Waals surface area contributed by atoms with Gasteiger partial charge in [0, 0.05) is 31.6 Å². The van der Waals surface area contributed by atoms with Crippen LogP contribution in [0.2, 0.25) is 0 Å². The normalized spacial score (nSPS) is 24.4. The Kier molecular flexibility index (Phi) is 6.23. The van der Waals surface area contributed by atoms with Gasteiger partial charge in [0.25, 0.3) is 5.91 Å². The molecule has 1 spiro atoms. The van der Waals surface area contributed by atoms with E-state index in [4.69, 9.17) is 0 Å². The van der Waals surface area contributed by atoms with Crippen LogP contribution in [-0.2, 0) is 4.79 Å². The SMILES string of the molecule is O=C(CCC1CCCC1)N1CCC2(CC1)CC(CO)N(C(=O)c1ccccc1)C2. The van der Waals surface area contributed by atoms with Crippen molar-refractivity contribution < 1.29 is 14.7 Å². The van der Waals surface area contributed by atoms with E-state index < -0.39 is 0 Å². The summed E-state index contributed by atoms with van der Waals surface area (Å²) in [7, 11) is 0. The fourth-order valence-electron chi connectivity index (χ4n) is 5.69. The molecule has 3 aliphatic rings. The summed E-state index contributed by atoms with van der Waals surface area (Å²) in [4.78, 5) is 29.5. The maximum absolute atomic E-state index is 13.0. The molecule has 2 aliphatic heterocycles. The van der Waals surface area contributed by atoms with Crippen molar-refractivity contribution in [2.24, 2.45) is 11.3 Å². The Bertz CT molecular complexity index is 706. The van der Waals surface area contributed by atoms with Crippen molar-refractivity contribution in [3.63, 3.8) is 0 Å². The Morgan fingerprint density at radius 1 is 1.07 bits per heavy atom. The standard InChI is InChI=1S/C24H34N2O3/c27-17-21-16-24(18-26(21)23(29)20-8-2-1-3-9-20)12-14-25(15-13-24)22(28)11-10-19-6-4-5-7-19/h1-3,8-9,19,21,27H,4-7,10-18H2. The predicted octanol–water partition coefficient (Wildman–Crippen LogP) is 3.47. The number of carbonyl (C=O) groups is 2. The van der Waals surface area contributed by atoms with Crippen LogP contribution in [0.5, 0.6) is 0 Å². The zero-order valence-electron chi connectivity index (χ0n) is 17.4. The van der Waals surface area contributed by atoms with Gasteiger partial charge in [-0.25, -0.2) is 0 Å². The van der Waals surface area contributed by atoms with E-state index in [0.717, 1.165) is 44.7 Å². The van der Waals surface area contributed by atoms with E-state index in [1.807, 2.05) is 40.1 Å². The molecule has 2 amide bonds. The van der Waals surface area contributed by atoms with Crippen LogP contribution in [0.4, 0.5) is 0 Å². The number of benzene rings is 1. The molecule has 29 heavy (non-hydrogen) atoms. The summed E-state index contributed by atoms with van der Waals surface area (Å²) >= 11 is 0. The molecule has 5 heteroatoms. The summed E-state index contributed by atoms with van der Waals surface area (Å²) in [6, 6.07) is 9.23. The fourth-order valence-corrected chi connectivity index (χ4v) is 5.69. The second kappa shape index (κ2) is 8.86. The molecule has 5 nitrogen and oxygen atoms in total. The number of piperidine rings is 1. The smallest absolute Gasteiger partial charge is 0.254 e. The van der Waals surface area contributed by atoms with Gasteiger partial charge >= 0.3 is 0 Å². The third-order valence-electron chi connectivity index (χ3n) is 7.53. The Morgan fingerprint density at radius 3 is 2.41 bits per heavy atom. The molecule has 158 valence electrons. The summed E-state index contributed by atoms with van der Waals surface area (Å²) in [5.41, 5.74) is 0.725.